The van der Waals surface area contributed by atoms with Crippen molar-refractivity contribution in [1.82, 2.24) is 0 Å². The topological polar surface area (TPSA) is 76.7 Å². The lowest BCUT2D eigenvalue weighted by Crippen LogP contribution is -2.07. The molecular weight excluding hydrogens is 344 g/mol. The van der Waals surface area contributed by atoms with Gasteiger partial charge in [-0.3, -0.25) is 4.79 Å². The number of esters is 1. The van der Waals surface area contributed by atoms with Crippen molar-refractivity contribution in [3.05, 3.63) is 95.7 Å². The number of fused-ring (bicyclic) bond motifs is 1. The van der Waals surface area contributed by atoms with Crippen molar-refractivity contribution in [2.75, 3.05) is 0 Å². The minimum absolute atomic E-state index is 0.150. The summed E-state index contributed by atoms with van der Waals surface area (Å²) >= 11 is 0. The lowest BCUT2D eigenvalue weighted by Gasteiger charge is -2.03. The van der Waals surface area contributed by atoms with Gasteiger partial charge in [0.1, 0.15) is 11.3 Å². The van der Waals surface area contributed by atoms with Gasteiger partial charge in [-0.05, 0) is 24.3 Å². The van der Waals surface area contributed by atoms with E-state index in [4.69, 9.17) is 9.15 Å². The van der Waals surface area contributed by atoms with Crippen LogP contribution in [0.15, 0.2) is 83.3 Å². The number of hydrogen-bond donors (Lipinski definition) is 1. The summed E-state index contributed by atoms with van der Waals surface area (Å²) in [5.41, 5.74) is 1.08. The summed E-state index contributed by atoms with van der Waals surface area (Å²) in [4.78, 5) is 24.7. The molecule has 0 saturated carbocycles. The largest absolute Gasteiger partial charge is 0.504 e. The van der Waals surface area contributed by atoms with E-state index in [1.807, 2.05) is 0 Å². The Morgan fingerprint density at radius 1 is 0.815 bits per heavy atom. The first-order valence-corrected chi connectivity index (χ1v) is 8.26. The molecule has 0 spiro atoms. The Labute approximate surface area is 154 Å². The van der Waals surface area contributed by atoms with Crippen LogP contribution in [-0.2, 0) is 0 Å². The smallest absolute Gasteiger partial charge is 0.343 e. The Kier molecular flexibility index (Phi) is 4.18. The van der Waals surface area contributed by atoms with Crippen LogP contribution in [0.25, 0.3) is 11.0 Å². The summed E-state index contributed by atoms with van der Waals surface area (Å²) < 4.78 is 10.9. The molecule has 0 aliphatic carbocycles. The second-order valence-electron chi connectivity index (χ2n) is 5.89. The maximum Gasteiger partial charge on any atom is 0.343 e. The molecule has 0 aliphatic rings. The Bertz CT molecular complexity index is 1130. The third kappa shape index (κ3) is 3.18. The molecule has 0 amide bonds. The van der Waals surface area contributed by atoms with Gasteiger partial charge in [0, 0.05) is 11.6 Å². The zero-order chi connectivity index (χ0) is 18.8. The highest BCUT2D eigenvalue weighted by Crippen LogP contribution is 2.35. The van der Waals surface area contributed by atoms with E-state index in [1.165, 1.54) is 12.1 Å². The second-order valence-corrected chi connectivity index (χ2v) is 5.89. The van der Waals surface area contributed by atoms with Crippen LogP contribution in [0, 0.1) is 0 Å². The number of aromatic hydroxyl groups is 1. The standard InChI is InChI=1S/C22H14O5/c23-19(14-7-3-1-4-8-14)21-20(24)17-12-11-16(13-18(17)27-21)26-22(25)15-9-5-2-6-10-15/h1-13,24H. The maximum absolute atomic E-state index is 12.5. The number of ether oxygens (including phenoxy) is 1. The monoisotopic (exact) mass is 358 g/mol. The Hall–Kier alpha value is -3.86. The van der Waals surface area contributed by atoms with Crippen LogP contribution in [0.2, 0.25) is 0 Å². The van der Waals surface area contributed by atoms with Gasteiger partial charge in [-0.2, -0.15) is 0 Å². The SMILES string of the molecule is O=C(Oc1ccc2c(O)c(C(=O)c3ccccc3)oc2c1)c1ccccc1. The van der Waals surface area contributed by atoms with Crippen LogP contribution in [0.1, 0.15) is 26.5 Å². The fourth-order valence-corrected chi connectivity index (χ4v) is 2.74. The van der Waals surface area contributed by atoms with E-state index in [9.17, 15) is 14.7 Å². The summed E-state index contributed by atoms with van der Waals surface area (Å²) in [6, 6.07) is 21.7. The molecule has 0 fully saturated rings. The predicted molar refractivity (Wildman–Crippen MR) is 99.2 cm³/mol. The van der Waals surface area contributed by atoms with Crippen molar-refractivity contribution in [3.63, 3.8) is 0 Å². The molecule has 1 heterocycles. The van der Waals surface area contributed by atoms with Crippen LogP contribution in [0.4, 0.5) is 0 Å². The fraction of sp³-hybridized carbons (Fsp3) is 0. The quantitative estimate of drug-likeness (QED) is 0.328. The molecule has 27 heavy (non-hydrogen) atoms. The van der Waals surface area contributed by atoms with Gasteiger partial charge in [0.15, 0.2) is 5.75 Å². The first kappa shape index (κ1) is 16.6. The zero-order valence-electron chi connectivity index (χ0n) is 14.1. The molecule has 5 heteroatoms. The molecule has 4 rings (SSSR count). The van der Waals surface area contributed by atoms with Crippen molar-refractivity contribution < 1.29 is 23.8 Å². The number of furan rings is 1. The number of rotatable bonds is 4. The number of ketones is 1. The van der Waals surface area contributed by atoms with E-state index in [1.54, 1.807) is 66.7 Å². The molecule has 0 radical (unpaired) electrons. The van der Waals surface area contributed by atoms with Gasteiger partial charge in [-0.25, -0.2) is 4.79 Å². The summed E-state index contributed by atoms with van der Waals surface area (Å²) in [6.45, 7) is 0. The molecule has 4 aromatic rings. The molecule has 1 aromatic heterocycles. The maximum atomic E-state index is 12.5. The van der Waals surface area contributed by atoms with Crippen LogP contribution in [0.3, 0.4) is 0 Å². The summed E-state index contributed by atoms with van der Waals surface area (Å²) in [5.74, 6) is -1.07. The molecule has 5 nitrogen and oxygen atoms in total. The van der Waals surface area contributed by atoms with Crippen molar-refractivity contribution in [2.45, 2.75) is 0 Å². The van der Waals surface area contributed by atoms with Gasteiger partial charge in [0.25, 0.3) is 0 Å². The van der Waals surface area contributed by atoms with Crippen molar-refractivity contribution >= 4 is 22.7 Å². The highest BCUT2D eigenvalue weighted by molar-refractivity contribution is 6.11. The highest BCUT2D eigenvalue weighted by atomic mass is 16.5. The summed E-state index contributed by atoms with van der Waals surface area (Å²) in [7, 11) is 0. The van der Waals surface area contributed by atoms with Gasteiger partial charge < -0.3 is 14.3 Å². The summed E-state index contributed by atoms with van der Waals surface area (Å²) in [6.07, 6.45) is 0. The van der Waals surface area contributed by atoms with Gasteiger partial charge in [0.2, 0.25) is 11.5 Å². The van der Waals surface area contributed by atoms with Gasteiger partial charge in [0.05, 0.1) is 10.9 Å². The molecular formula is C22H14O5. The minimum atomic E-state index is -0.508. The molecule has 132 valence electrons. The molecule has 1 N–H and O–H groups in total. The Morgan fingerprint density at radius 2 is 1.44 bits per heavy atom. The summed E-state index contributed by atoms with van der Waals surface area (Å²) in [5, 5.41) is 10.7. The van der Waals surface area contributed by atoms with Gasteiger partial charge in [-0.1, -0.05) is 48.5 Å². The molecule has 3 aromatic carbocycles. The number of hydrogen-bond acceptors (Lipinski definition) is 5. The van der Waals surface area contributed by atoms with E-state index >= 15 is 0 Å². The van der Waals surface area contributed by atoms with E-state index in [-0.39, 0.29) is 22.8 Å². The van der Waals surface area contributed by atoms with E-state index in [2.05, 4.69) is 0 Å². The molecule has 0 saturated heterocycles. The predicted octanol–water partition coefficient (Wildman–Crippen LogP) is 4.59. The lowest BCUT2D eigenvalue weighted by atomic mass is 10.1. The van der Waals surface area contributed by atoms with E-state index < -0.39 is 11.8 Å². The minimum Gasteiger partial charge on any atom is -0.504 e. The average Bonchev–Trinajstić information content (AvgIpc) is 3.04. The van der Waals surface area contributed by atoms with Crippen molar-refractivity contribution in [3.8, 4) is 11.5 Å². The number of benzene rings is 3. The number of carbonyl (C=O) groups is 2. The Morgan fingerprint density at radius 3 is 2.11 bits per heavy atom. The zero-order valence-corrected chi connectivity index (χ0v) is 14.1. The van der Waals surface area contributed by atoms with Crippen LogP contribution < -0.4 is 4.74 Å². The number of carbonyl (C=O) groups excluding carboxylic acids is 2. The van der Waals surface area contributed by atoms with Gasteiger partial charge in [-0.15, -0.1) is 0 Å². The van der Waals surface area contributed by atoms with E-state index in [0.29, 0.717) is 16.5 Å². The first-order chi connectivity index (χ1) is 13.1. The fourth-order valence-electron chi connectivity index (χ4n) is 2.74. The van der Waals surface area contributed by atoms with Crippen molar-refractivity contribution in [1.29, 1.82) is 0 Å². The molecule has 0 unspecified atom stereocenters. The van der Waals surface area contributed by atoms with Crippen molar-refractivity contribution in [2.24, 2.45) is 0 Å². The first-order valence-electron chi connectivity index (χ1n) is 8.26. The lowest BCUT2D eigenvalue weighted by molar-refractivity contribution is 0.0734. The van der Waals surface area contributed by atoms with Crippen LogP contribution in [-0.4, -0.2) is 16.9 Å². The Balaban J connectivity index is 1.65. The van der Waals surface area contributed by atoms with Crippen LogP contribution >= 0.6 is 0 Å². The molecule has 0 bridgehead atoms. The third-order valence-corrected chi connectivity index (χ3v) is 4.10. The third-order valence-electron chi connectivity index (χ3n) is 4.10. The second kappa shape index (κ2) is 6.80. The normalized spacial score (nSPS) is 10.7. The van der Waals surface area contributed by atoms with Crippen LogP contribution in [0.5, 0.6) is 11.5 Å². The highest BCUT2D eigenvalue weighted by Gasteiger charge is 2.22. The molecule has 0 atom stereocenters. The molecule has 0 aliphatic heterocycles. The van der Waals surface area contributed by atoms with Gasteiger partial charge >= 0.3 is 5.97 Å². The average molecular weight is 358 g/mol. The van der Waals surface area contributed by atoms with E-state index in [0.717, 1.165) is 0 Å².